The molecule has 0 bridgehead atoms. The molecule has 3 heteroatoms. The first-order valence-electron chi connectivity index (χ1n) is 6.45. The van der Waals surface area contributed by atoms with Crippen molar-refractivity contribution in [3.8, 4) is 11.1 Å². The zero-order chi connectivity index (χ0) is 13.9. The minimum Gasteiger partial charge on any atom is -0.328 e. The quantitative estimate of drug-likeness (QED) is 0.679. The molecule has 0 aliphatic rings. The Kier molecular flexibility index (Phi) is 3.17. The molecule has 1 aromatic heterocycles. The monoisotopic (exact) mass is 262 g/mol. The molecule has 0 N–H and O–H groups in total. The summed E-state index contributed by atoms with van der Waals surface area (Å²) in [5.74, 6) is 0. The highest BCUT2D eigenvalue weighted by Crippen LogP contribution is 2.22. The van der Waals surface area contributed by atoms with Crippen LogP contribution in [-0.4, -0.2) is 9.55 Å². The van der Waals surface area contributed by atoms with Crippen molar-refractivity contribution >= 4 is 10.9 Å². The van der Waals surface area contributed by atoms with Gasteiger partial charge in [0.1, 0.15) is 0 Å². The second kappa shape index (κ2) is 5.13. The Balaban J connectivity index is 2.26. The van der Waals surface area contributed by atoms with Gasteiger partial charge in [-0.05, 0) is 23.3 Å². The highest BCUT2D eigenvalue weighted by molar-refractivity contribution is 5.83. The van der Waals surface area contributed by atoms with Crippen LogP contribution in [0.4, 0.5) is 0 Å². The highest BCUT2D eigenvalue weighted by atomic mass is 16.1. The Labute approximate surface area is 116 Å². The maximum atomic E-state index is 11.8. The van der Waals surface area contributed by atoms with Gasteiger partial charge in [-0.25, -0.2) is 0 Å². The van der Waals surface area contributed by atoms with Gasteiger partial charge >= 0.3 is 0 Å². The van der Waals surface area contributed by atoms with Crippen molar-refractivity contribution in [3.63, 3.8) is 0 Å². The number of benzene rings is 2. The van der Waals surface area contributed by atoms with E-state index in [9.17, 15) is 4.79 Å². The topological polar surface area (TPSA) is 34.9 Å². The van der Waals surface area contributed by atoms with Gasteiger partial charge in [0, 0.05) is 6.54 Å². The van der Waals surface area contributed by atoms with Crippen LogP contribution in [0.3, 0.4) is 0 Å². The van der Waals surface area contributed by atoms with E-state index in [2.05, 4.69) is 23.7 Å². The molecule has 0 aliphatic carbocycles. The fraction of sp³-hybridized carbons (Fsp3) is 0.0588. The first kappa shape index (κ1) is 12.4. The number of hydrogen-bond acceptors (Lipinski definition) is 2. The van der Waals surface area contributed by atoms with Crippen molar-refractivity contribution < 1.29 is 0 Å². The SMILES string of the molecule is C=CCn1cnc(=O)c2ccc(-c3ccccc3)cc21. The maximum Gasteiger partial charge on any atom is 0.280 e. The molecule has 0 saturated carbocycles. The lowest BCUT2D eigenvalue weighted by Gasteiger charge is -2.09. The molecule has 3 nitrogen and oxygen atoms in total. The lowest BCUT2D eigenvalue weighted by Crippen LogP contribution is -2.12. The Morgan fingerprint density at radius 2 is 1.90 bits per heavy atom. The van der Waals surface area contributed by atoms with Crippen LogP contribution in [0.2, 0.25) is 0 Å². The average Bonchev–Trinajstić information content (AvgIpc) is 2.51. The molecular weight excluding hydrogens is 248 g/mol. The zero-order valence-corrected chi connectivity index (χ0v) is 11.0. The lowest BCUT2D eigenvalue weighted by molar-refractivity contribution is 0.821. The van der Waals surface area contributed by atoms with Crippen LogP contribution in [0.1, 0.15) is 0 Å². The summed E-state index contributed by atoms with van der Waals surface area (Å²) >= 11 is 0. The number of hydrogen-bond donors (Lipinski definition) is 0. The summed E-state index contributed by atoms with van der Waals surface area (Å²) in [6.45, 7) is 4.37. The van der Waals surface area contributed by atoms with Crippen molar-refractivity contribution in [1.29, 1.82) is 0 Å². The molecule has 2 aromatic carbocycles. The Morgan fingerprint density at radius 1 is 1.10 bits per heavy atom. The van der Waals surface area contributed by atoms with Gasteiger partial charge in [0.25, 0.3) is 5.56 Å². The molecule has 20 heavy (non-hydrogen) atoms. The van der Waals surface area contributed by atoms with Gasteiger partial charge in [-0.15, -0.1) is 6.58 Å². The molecule has 1 heterocycles. The first-order valence-corrected chi connectivity index (χ1v) is 6.45. The largest absolute Gasteiger partial charge is 0.328 e. The summed E-state index contributed by atoms with van der Waals surface area (Å²) in [6, 6.07) is 15.9. The van der Waals surface area contributed by atoms with Gasteiger partial charge in [0.2, 0.25) is 0 Å². The number of nitrogens with zero attached hydrogens (tertiary/aromatic N) is 2. The Hall–Kier alpha value is -2.68. The van der Waals surface area contributed by atoms with Crippen LogP contribution in [0.25, 0.3) is 22.0 Å². The molecule has 3 aromatic rings. The summed E-state index contributed by atoms with van der Waals surface area (Å²) in [5.41, 5.74) is 2.90. The molecule has 0 unspecified atom stereocenters. The molecular formula is C17H14N2O. The summed E-state index contributed by atoms with van der Waals surface area (Å²) in [6.07, 6.45) is 3.36. The third kappa shape index (κ3) is 2.14. The Bertz CT molecular complexity index is 819. The minimum absolute atomic E-state index is 0.195. The summed E-state index contributed by atoms with van der Waals surface area (Å²) < 4.78 is 1.93. The average molecular weight is 262 g/mol. The third-order valence-electron chi connectivity index (χ3n) is 3.28. The predicted molar refractivity (Wildman–Crippen MR) is 81.6 cm³/mol. The van der Waals surface area contributed by atoms with Crippen molar-refractivity contribution in [2.75, 3.05) is 0 Å². The first-order chi connectivity index (χ1) is 9.79. The van der Waals surface area contributed by atoms with Gasteiger partial charge in [0.15, 0.2) is 0 Å². The normalized spacial score (nSPS) is 10.6. The number of rotatable bonds is 3. The Morgan fingerprint density at radius 3 is 2.65 bits per heavy atom. The van der Waals surface area contributed by atoms with Crippen molar-refractivity contribution in [3.05, 3.63) is 77.9 Å². The molecule has 0 saturated heterocycles. The molecule has 0 aliphatic heterocycles. The smallest absolute Gasteiger partial charge is 0.280 e. The summed E-state index contributed by atoms with van der Waals surface area (Å²) in [4.78, 5) is 15.7. The molecule has 0 spiro atoms. The van der Waals surface area contributed by atoms with E-state index in [-0.39, 0.29) is 5.56 Å². The van der Waals surface area contributed by atoms with E-state index >= 15 is 0 Å². The standard InChI is InChI=1S/C17H14N2O/c1-2-10-19-12-18-17(20)15-9-8-14(11-16(15)19)13-6-4-3-5-7-13/h2-9,11-12H,1,10H2. The zero-order valence-electron chi connectivity index (χ0n) is 11.0. The van der Waals surface area contributed by atoms with E-state index in [1.807, 2.05) is 41.0 Å². The molecule has 0 atom stereocenters. The second-order valence-corrected chi connectivity index (χ2v) is 4.59. The number of fused-ring (bicyclic) bond motifs is 1. The van der Waals surface area contributed by atoms with Gasteiger partial charge in [-0.3, -0.25) is 4.79 Å². The number of aromatic nitrogens is 2. The third-order valence-corrected chi connectivity index (χ3v) is 3.28. The van der Waals surface area contributed by atoms with E-state index in [0.717, 1.165) is 16.6 Å². The fourth-order valence-corrected chi connectivity index (χ4v) is 2.30. The van der Waals surface area contributed by atoms with Gasteiger partial charge in [-0.1, -0.05) is 42.5 Å². The second-order valence-electron chi connectivity index (χ2n) is 4.59. The van der Waals surface area contributed by atoms with Crippen LogP contribution in [0, 0.1) is 0 Å². The van der Waals surface area contributed by atoms with Crippen LogP contribution < -0.4 is 5.56 Å². The minimum atomic E-state index is -0.195. The van der Waals surface area contributed by atoms with E-state index in [1.54, 1.807) is 12.4 Å². The summed E-state index contributed by atoms with van der Waals surface area (Å²) in [7, 11) is 0. The molecule has 0 fully saturated rings. The van der Waals surface area contributed by atoms with E-state index in [0.29, 0.717) is 11.9 Å². The number of allylic oxidation sites excluding steroid dienone is 1. The van der Waals surface area contributed by atoms with Crippen LogP contribution >= 0.6 is 0 Å². The van der Waals surface area contributed by atoms with Gasteiger partial charge in [-0.2, -0.15) is 4.98 Å². The van der Waals surface area contributed by atoms with Gasteiger partial charge < -0.3 is 4.57 Å². The van der Waals surface area contributed by atoms with E-state index in [4.69, 9.17) is 0 Å². The van der Waals surface area contributed by atoms with E-state index in [1.165, 1.54) is 0 Å². The van der Waals surface area contributed by atoms with E-state index < -0.39 is 0 Å². The van der Waals surface area contributed by atoms with Gasteiger partial charge in [0.05, 0.1) is 17.2 Å². The predicted octanol–water partition coefficient (Wildman–Crippen LogP) is 3.25. The van der Waals surface area contributed by atoms with Crippen LogP contribution in [0.5, 0.6) is 0 Å². The molecule has 3 rings (SSSR count). The van der Waals surface area contributed by atoms with Crippen LogP contribution in [0.15, 0.2) is 72.3 Å². The maximum absolute atomic E-state index is 11.8. The highest BCUT2D eigenvalue weighted by Gasteiger charge is 2.05. The molecule has 0 radical (unpaired) electrons. The lowest BCUT2D eigenvalue weighted by atomic mass is 10.0. The summed E-state index contributed by atoms with van der Waals surface area (Å²) in [5, 5.41) is 0.633. The van der Waals surface area contributed by atoms with Crippen molar-refractivity contribution in [2.45, 2.75) is 6.54 Å². The van der Waals surface area contributed by atoms with Crippen molar-refractivity contribution in [2.24, 2.45) is 0 Å². The van der Waals surface area contributed by atoms with Crippen LogP contribution in [-0.2, 0) is 6.54 Å². The molecule has 98 valence electrons. The fourth-order valence-electron chi connectivity index (χ4n) is 2.30. The van der Waals surface area contributed by atoms with Crippen molar-refractivity contribution in [1.82, 2.24) is 9.55 Å². The molecule has 0 amide bonds.